The first-order valence-electron chi connectivity index (χ1n) is 31.3. The topological polar surface area (TPSA) is 105 Å². The van der Waals surface area contributed by atoms with Gasteiger partial charge in [-0.2, -0.15) is 0 Å². The van der Waals surface area contributed by atoms with Crippen LogP contribution in [0.2, 0.25) is 0 Å². The zero-order valence-electron chi connectivity index (χ0n) is 49.3. The Labute approximate surface area is 459 Å². The Bertz CT molecular complexity index is 1430. The van der Waals surface area contributed by atoms with Crippen LogP contribution in [-0.2, 0) is 18.4 Å². The van der Waals surface area contributed by atoms with Gasteiger partial charge < -0.3 is 19.8 Å². The molecule has 3 unspecified atom stereocenters. The SMILES string of the molecule is CC/C=C\C/C=C\C/C=C\C/C=C\C/C=C\CCCCCCCCCCCCCCCCCCCCCCCCCCCC(=O)NC(COP(=O)(O)OCC[N+](C)(C)C)C(O)/C=C/CCCCCCCCCCC. The second-order valence-electron chi connectivity index (χ2n) is 22.4. The molecule has 74 heavy (non-hydrogen) atoms. The molecule has 0 spiro atoms. The van der Waals surface area contributed by atoms with E-state index in [9.17, 15) is 19.4 Å². The molecule has 0 aliphatic heterocycles. The van der Waals surface area contributed by atoms with Crippen molar-refractivity contribution in [3.05, 3.63) is 72.9 Å². The first-order valence-corrected chi connectivity index (χ1v) is 32.8. The molecule has 0 aromatic carbocycles. The molecule has 0 aliphatic rings. The Morgan fingerprint density at radius 3 is 1.19 bits per heavy atom. The summed E-state index contributed by atoms with van der Waals surface area (Å²) in [7, 11) is 1.58. The van der Waals surface area contributed by atoms with E-state index >= 15 is 0 Å². The predicted molar refractivity (Wildman–Crippen MR) is 323 cm³/mol. The van der Waals surface area contributed by atoms with E-state index in [2.05, 4.69) is 79.9 Å². The number of quaternary nitrogens is 1. The Morgan fingerprint density at radius 1 is 0.473 bits per heavy atom. The number of carbonyl (C=O) groups excluding carboxylic acids is 1. The fraction of sp³-hybridized carbons (Fsp3) is 0.800. The minimum atomic E-state index is -4.34. The van der Waals surface area contributed by atoms with E-state index < -0.39 is 20.0 Å². The fourth-order valence-electron chi connectivity index (χ4n) is 9.07. The van der Waals surface area contributed by atoms with Crippen LogP contribution >= 0.6 is 7.82 Å². The van der Waals surface area contributed by atoms with Crippen molar-refractivity contribution in [1.29, 1.82) is 0 Å². The molecule has 0 aromatic heterocycles. The van der Waals surface area contributed by atoms with Crippen LogP contribution in [0.3, 0.4) is 0 Å². The average molecular weight is 1060 g/mol. The summed E-state index contributed by atoms with van der Waals surface area (Å²) in [5.74, 6) is -0.175. The van der Waals surface area contributed by atoms with Crippen molar-refractivity contribution in [2.24, 2.45) is 0 Å². The summed E-state index contributed by atoms with van der Waals surface area (Å²) < 4.78 is 23.6. The molecule has 3 N–H and O–H groups in total. The van der Waals surface area contributed by atoms with Crippen LogP contribution in [0.4, 0.5) is 0 Å². The number of hydrogen-bond donors (Lipinski definition) is 3. The van der Waals surface area contributed by atoms with E-state index in [-0.39, 0.29) is 19.1 Å². The maximum absolute atomic E-state index is 12.9. The number of amides is 1. The number of aliphatic hydroxyl groups excluding tert-OH is 1. The first kappa shape index (κ1) is 71.9. The number of aliphatic hydroxyl groups is 1. The van der Waals surface area contributed by atoms with Gasteiger partial charge in [-0.1, -0.05) is 286 Å². The number of unbranched alkanes of at least 4 members (excludes halogenated alkanes) is 34. The third-order valence-corrected chi connectivity index (χ3v) is 14.9. The average Bonchev–Trinajstić information content (AvgIpc) is 3.36. The van der Waals surface area contributed by atoms with Gasteiger partial charge in [0.2, 0.25) is 5.91 Å². The molecule has 0 radical (unpaired) electrons. The van der Waals surface area contributed by atoms with Crippen LogP contribution < -0.4 is 5.32 Å². The largest absolute Gasteiger partial charge is 0.472 e. The quantitative estimate of drug-likeness (QED) is 0.0243. The van der Waals surface area contributed by atoms with E-state index in [1.165, 1.54) is 193 Å². The van der Waals surface area contributed by atoms with Crippen molar-refractivity contribution in [2.45, 2.75) is 296 Å². The van der Waals surface area contributed by atoms with Gasteiger partial charge in [0.15, 0.2) is 0 Å². The highest BCUT2D eigenvalue weighted by Gasteiger charge is 2.27. The molecule has 1 amide bonds. The van der Waals surface area contributed by atoms with Crippen LogP contribution in [0.25, 0.3) is 0 Å². The zero-order valence-corrected chi connectivity index (χ0v) is 50.2. The van der Waals surface area contributed by atoms with Crippen molar-refractivity contribution < 1.29 is 32.9 Å². The maximum Gasteiger partial charge on any atom is 0.472 e. The minimum absolute atomic E-state index is 0.0619. The van der Waals surface area contributed by atoms with Crippen LogP contribution in [0.15, 0.2) is 72.9 Å². The van der Waals surface area contributed by atoms with Gasteiger partial charge in [-0.05, 0) is 64.2 Å². The number of allylic oxidation sites excluding steroid dienone is 11. The minimum Gasteiger partial charge on any atom is -0.387 e. The number of phosphoric acid groups is 1. The lowest BCUT2D eigenvalue weighted by Gasteiger charge is -2.25. The first-order chi connectivity index (χ1) is 36.0. The molecule has 0 saturated heterocycles. The Hall–Kier alpha value is -2.06. The van der Waals surface area contributed by atoms with Crippen LogP contribution in [-0.4, -0.2) is 73.4 Å². The van der Waals surface area contributed by atoms with E-state index in [1.807, 2.05) is 27.2 Å². The van der Waals surface area contributed by atoms with Crippen LogP contribution in [0, 0.1) is 0 Å². The van der Waals surface area contributed by atoms with Gasteiger partial charge in [0.1, 0.15) is 13.2 Å². The van der Waals surface area contributed by atoms with E-state index in [4.69, 9.17) is 9.05 Å². The molecule has 0 fully saturated rings. The summed E-state index contributed by atoms with van der Waals surface area (Å²) in [5, 5.41) is 13.9. The molecule has 432 valence electrons. The lowest BCUT2D eigenvalue weighted by molar-refractivity contribution is -0.870. The lowest BCUT2D eigenvalue weighted by atomic mass is 10.0. The number of hydrogen-bond acceptors (Lipinski definition) is 5. The van der Waals surface area contributed by atoms with Crippen LogP contribution in [0.5, 0.6) is 0 Å². The van der Waals surface area contributed by atoms with Crippen molar-refractivity contribution in [3.63, 3.8) is 0 Å². The third kappa shape index (κ3) is 57.6. The highest BCUT2D eigenvalue weighted by atomic mass is 31.2. The summed E-state index contributed by atoms with van der Waals surface area (Å²) in [6, 6.07) is -0.845. The number of carbonyl (C=O) groups is 1. The molecule has 0 aromatic rings. The van der Waals surface area contributed by atoms with Crippen molar-refractivity contribution in [3.8, 4) is 0 Å². The molecule has 0 aliphatic carbocycles. The highest BCUT2D eigenvalue weighted by molar-refractivity contribution is 7.47. The Morgan fingerprint density at radius 2 is 0.811 bits per heavy atom. The summed E-state index contributed by atoms with van der Waals surface area (Å²) in [6.07, 6.45) is 77.6. The molecular weight excluding hydrogens is 936 g/mol. The number of rotatable bonds is 57. The molecule has 0 saturated carbocycles. The molecule has 8 nitrogen and oxygen atoms in total. The van der Waals surface area contributed by atoms with E-state index in [0.29, 0.717) is 17.4 Å². The summed E-state index contributed by atoms with van der Waals surface area (Å²) in [5.41, 5.74) is 0. The summed E-state index contributed by atoms with van der Waals surface area (Å²) >= 11 is 0. The van der Waals surface area contributed by atoms with E-state index in [1.54, 1.807) is 6.08 Å². The van der Waals surface area contributed by atoms with Crippen molar-refractivity contribution >= 4 is 13.7 Å². The smallest absolute Gasteiger partial charge is 0.387 e. The van der Waals surface area contributed by atoms with Gasteiger partial charge in [-0.3, -0.25) is 13.8 Å². The predicted octanol–water partition coefficient (Wildman–Crippen LogP) is 19.4. The second-order valence-corrected chi connectivity index (χ2v) is 23.9. The Kier molecular flexibility index (Phi) is 54.1. The fourth-order valence-corrected chi connectivity index (χ4v) is 9.81. The second kappa shape index (κ2) is 55.7. The van der Waals surface area contributed by atoms with Gasteiger partial charge in [0.25, 0.3) is 0 Å². The number of phosphoric ester groups is 1. The van der Waals surface area contributed by atoms with Crippen LogP contribution in [0.1, 0.15) is 284 Å². The summed E-state index contributed by atoms with van der Waals surface area (Å²) in [4.78, 5) is 23.2. The number of nitrogens with one attached hydrogen (secondary N) is 1. The monoisotopic (exact) mass is 1060 g/mol. The van der Waals surface area contributed by atoms with Gasteiger partial charge in [-0.25, -0.2) is 4.57 Å². The van der Waals surface area contributed by atoms with Crippen molar-refractivity contribution in [1.82, 2.24) is 5.32 Å². The maximum atomic E-state index is 12.9. The molecule has 9 heteroatoms. The normalized spacial score (nSPS) is 14.3. The molecule has 0 rings (SSSR count). The lowest BCUT2D eigenvalue weighted by Crippen LogP contribution is -2.45. The zero-order chi connectivity index (χ0) is 54.2. The van der Waals surface area contributed by atoms with Gasteiger partial charge in [0.05, 0.1) is 39.9 Å². The van der Waals surface area contributed by atoms with Gasteiger partial charge >= 0.3 is 7.82 Å². The molecule has 0 heterocycles. The van der Waals surface area contributed by atoms with Crippen molar-refractivity contribution in [2.75, 3.05) is 40.9 Å². The summed E-state index contributed by atoms with van der Waals surface area (Å²) in [6.45, 7) is 4.70. The number of nitrogens with zero attached hydrogens (tertiary/aromatic N) is 1. The molecule has 3 atom stereocenters. The number of likely N-dealkylation sites (N-methyl/N-ethyl adjacent to an activating group) is 1. The van der Waals surface area contributed by atoms with Gasteiger partial charge in [-0.15, -0.1) is 0 Å². The Balaban J connectivity index is 3.83. The highest BCUT2D eigenvalue weighted by Crippen LogP contribution is 2.43. The molecule has 0 bridgehead atoms. The standard InChI is InChI=1S/C65H121N2O6P/c1-6-8-10-12-14-16-18-19-20-21-22-23-24-25-26-27-28-29-30-31-32-33-34-35-36-37-38-39-40-41-42-43-44-45-46-47-49-51-53-55-57-59-65(69)66-63(62-73-74(70,71)72-61-60-67(3,4)5)64(68)58-56-54-52-50-48-17-15-13-11-9-7-2/h8,10,14,16,19-20,22-23,25-26,56,58,63-64,68H,6-7,9,11-13,15,17-18,21,24,27-55,57,59-62H2,1-5H3,(H-,66,69,70,71)/p+1/b10-8-,16-14-,20-19-,23-22-,26-25-,58-56+. The van der Waals surface area contributed by atoms with Gasteiger partial charge in [0, 0.05) is 6.42 Å². The third-order valence-electron chi connectivity index (χ3n) is 13.9. The van der Waals surface area contributed by atoms with E-state index in [0.717, 1.165) is 70.6 Å². The molecular formula is C65H122N2O6P+.